The Morgan fingerprint density at radius 3 is 2.88 bits per heavy atom. The van der Waals surface area contributed by atoms with Crippen LogP contribution in [0.4, 0.5) is 11.4 Å². The largest absolute Gasteiger partial charge is 0.489 e. The van der Waals surface area contributed by atoms with Crippen molar-refractivity contribution < 1.29 is 14.3 Å². The van der Waals surface area contributed by atoms with E-state index in [-0.39, 0.29) is 18.2 Å². The molecule has 0 spiro atoms. The number of aromatic nitrogens is 3. The van der Waals surface area contributed by atoms with Crippen LogP contribution in [0.2, 0.25) is 0 Å². The fourth-order valence-corrected chi connectivity index (χ4v) is 3.98. The number of ether oxygens (including phenoxy) is 1. The summed E-state index contributed by atoms with van der Waals surface area (Å²) in [5.41, 5.74) is 4.85. The summed E-state index contributed by atoms with van der Waals surface area (Å²) < 4.78 is 7.45. The van der Waals surface area contributed by atoms with Crippen LogP contribution in [0.15, 0.2) is 53.7 Å². The van der Waals surface area contributed by atoms with Gasteiger partial charge < -0.3 is 15.0 Å². The summed E-state index contributed by atoms with van der Waals surface area (Å²) in [4.78, 5) is 32.1. The number of benzene rings is 2. The van der Waals surface area contributed by atoms with E-state index in [0.717, 1.165) is 28.9 Å². The van der Waals surface area contributed by atoms with Crippen molar-refractivity contribution in [3.8, 4) is 5.75 Å². The van der Waals surface area contributed by atoms with Gasteiger partial charge in [0.1, 0.15) is 24.1 Å². The van der Waals surface area contributed by atoms with E-state index in [9.17, 15) is 9.59 Å². The third-order valence-corrected chi connectivity index (χ3v) is 5.64. The molecule has 0 saturated heterocycles. The lowest BCUT2D eigenvalue weighted by molar-refractivity contribution is -0.120. The number of rotatable bonds is 4. The van der Waals surface area contributed by atoms with Crippen LogP contribution in [0.5, 0.6) is 5.75 Å². The molecule has 0 fully saturated rings. The molecule has 2 aliphatic heterocycles. The highest BCUT2D eigenvalue weighted by Crippen LogP contribution is 2.39. The molecule has 5 rings (SSSR count). The lowest BCUT2D eigenvalue weighted by Gasteiger charge is -2.20. The Bertz CT molecular complexity index is 1230. The molecule has 2 amide bonds. The molecule has 0 bridgehead atoms. The molecule has 1 atom stereocenters. The molecule has 2 aliphatic rings. The van der Waals surface area contributed by atoms with Gasteiger partial charge in [-0.25, -0.2) is 4.68 Å². The van der Waals surface area contributed by atoms with Crippen LogP contribution in [0, 0.1) is 0 Å². The maximum absolute atomic E-state index is 13.1. The van der Waals surface area contributed by atoms with Gasteiger partial charge in [0, 0.05) is 19.2 Å². The molecule has 32 heavy (non-hydrogen) atoms. The van der Waals surface area contributed by atoms with Crippen molar-refractivity contribution in [1.82, 2.24) is 20.3 Å². The van der Waals surface area contributed by atoms with Crippen molar-refractivity contribution in [3.63, 3.8) is 0 Å². The zero-order valence-corrected chi connectivity index (χ0v) is 17.8. The first-order valence-corrected chi connectivity index (χ1v) is 10.3. The molecule has 0 unspecified atom stereocenters. The minimum atomic E-state index is -0.847. The second-order valence-electron chi connectivity index (χ2n) is 7.97. The smallest absolute Gasteiger partial charge is 0.272 e. The van der Waals surface area contributed by atoms with Gasteiger partial charge in [-0.1, -0.05) is 35.5 Å². The standard InChI is InChI=1S/C23H22N6O3/c1-14-8-16-9-21-19(10-17(16)25-14)28(2)23(31)18(13-32-21)26-22(30)20-11-24-27-29(20)12-15-6-4-3-5-7-15/h3-7,9-11,18H,8,12-13H2,1-2H3,(H,26,30)/t18-/m0/s1. The van der Waals surface area contributed by atoms with Crippen LogP contribution in [0.25, 0.3) is 0 Å². The van der Waals surface area contributed by atoms with E-state index in [2.05, 4.69) is 20.6 Å². The Hall–Kier alpha value is -4.01. The summed E-state index contributed by atoms with van der Waals surface area (Å²) in [6.45, 7) is 2.40. The molecule has 0 aliphatic carbocycles. The molecule has 162 valence electrons. The van der Waals surface area contributed by atoms with Crippen LogP contribution < -0.4 is 15.0 Å². The predicted molar refractivity (Wildman–Crippen MR) is 119 cm³/mol. The molecule has 0 radical (unpaired) electrons. The molecule has 9 nitrogen and oxygen atoms in total. The Balaban J connectivity index is 1.34. The van der Waals surface area contributed by atoms with Crippen LogP contribution in [-0.2, 0) is 17.8 Å². The second kappa shape index (κ2) is 7.92. The van der Waals surface area contributed by atoms with Crippen LogP contribution in [0.3, 0.4) is 0 Å². The second-order valence-corrected chi connectivity index (χ2v) is 7.97. The monoisotopic (exact) mass is 430 g/mol. The van der Waals surface area contributed by atoms with E-state index in [1.54, 1.807) is 7.05 Å². The number of hydrogen-bond acceptors (Lipinski definition) is 6. The van der Waals surface area contributed by atoms with E-state index in [1.807, 2.05) is 49.4 Å². The average Bonchev–Trinajstić information content (AvgIpc) is 3.37. The van der Waals surface area contributed by atoms with E-state index < -0.39 is 11.9 Å². The Morgan fingerprint density at radius 2 is 2.06 bits per heavy atom. The maximum atomic E-state index is 13.1. The fraction of sp³-hybridized carbons (Fsp3) is 0.261. The Labute approximate surface area is 184 Å². The van der Waals surface area contributed by atoms with Gasteiger partial charge in [0.05, 0.1) is 24.1 Å². The van der Waals surface area contributed by atoms with Crippen molar-refractivity contribution in [2.45, 2.75) is 25.9 Å². The molecular weight excluding hydrogens is 408 g/mol. The molecule has 3 aromatic rings. The predicted octanol–water partition coefficient (Wildman–Crippen LogP) is 2.13. The van der Waals surface area contributed by atoms with E-state index in [0.29, 0.717) is 18.0 Å². The SMILES string of the molecule is CC1=Nc2cc3c(cc2C1)OC[C@H](NC(=O)c1cnnn1Cc1ccccc1)C(=O)N3C. The normalized spacial score (nSPS) is 17.2. The zero-order valence-electron chi connectivity index (χ0n) is 17.8. The van der Waals surface area contributed by atoms with E-state index in [4.69, 9.17) is 4.74 Å². The number of carbonyl (C=O) groups is 2. The van der Waals surface area contributed by atoms with E-state index >= 15 is 0 Å². The van der Waals surface area contributed by atoms with Gasteiger partial charge in [-0.2, -0.15) is 0 Å². The number of amides is 2. The van der Waals surface area contributed by atoms with Gasteiger partial charge in [0.2, 0.25) is 0 Å². The minimum absolute atomic E-state index is 0.0286. The number of nitrogens with zero attached hydrogens (tertiary/aromatic N) is 5. The molecule has 1 N–H and O–H groups in total. The molecule has 0 saturated carbocycles. The third-order valence-electron chi connectivity index (χ3n) is 5.64. The quantitative estimate of drug-likeness (QED) is 0.683. The number of aliphatic imine (C=N–C) groups is 1. The van der Waals surface area contributed by atoms with Gasteiger partial charge in [0.15, 0.2) is 0 Å². The average molecular weight is 430 g/mol. The molecule has 3 heterocycles. The highest BCUT2D eigenvalue weighted by Gasteiger charge is 2.32. The van der Waals surface area contributed by atoms with Crippen molar-refractivity contribution in [3.05, 3.63) is 65.5 Å². The maximum Gasteiger partial charge on any atom is 0.272 e. The number of hydrogen-bond donors (Lipinski definition) is 1. The first-order valence-electron chi connectivity index (χ1n) is 10.3. The van der Waals surface area contributed by atoms with E-state index in [1.165, 1.54) is 15.8 Å². The minimum Gasteiger partial charge on any atom is -0.489 e. The highest BCUT2D eigenvalue weighted by atomic mass is 16.5. The Morgan fingerprint density at radius 1 is 1.25 bits per heavy atom. The molecule has 9 heteroatoms. The van der Waals surface area contributed by atoms with Crippen LogP contribution in [-0.4, -0.2) is 52.2 Å². The topological polar surface area (TPSA) is 102 Å². The summed E-state index contributed by atoms with van der Waals surface area (Å²) in [7, 11) is 1.67. The van der Waals surface area contributed by atoms with Crippen molar-refractivity contribution >= 4 is 28.9 Å². The van der Waals surface area contributed by atoms with Crippen LogP contribution in [0.1, 0.15) is 28.5 Å². The summed E-state index contributed by atoms with van der Waals surface area (Å²) in [5.74, 6) is -0.0928. The summed E-state index contributed by atoms with van der Waals surface area (Å²) in [6, 6.07) is 12.6. The number of nitrogens with one attached hydrogen (secondary N) is 1. The first-order chi connectivity index (χ1) is 15.5. The van der Waals surface area contributed by atoms with Crippen molar-refractivity contribution in [2.75, 3.05) is 18.6 Å². The number of carbonyl (C=O) groups excluding carboxylic acids is 2. The molecule has 1 aromatic heterocycles. The van der Waals surface area contributed by atoms with Gasteiger partial charge in [0.25, 0.3) is 11.8 Å². The number of likely N-dealkylation sites (N-methyl/N-ethyl adjacent to an activating group) is 1. The lowest BCUT2D eigenvalue weighted by Crippen LogP contribution is -2.49. The summed E-state index contributed by atoms with van der Waals surface area (Å²) in [5, 5.41) is 10.7. The van der Waals surface area contributed by atoms with Crippen molar-refractivity contribution in [1.29, 1.82) is 0 Å². The number of anilines is 1. The van der Waals surface area contributed by atoms with Crippen molar-refractivity contribution in [2.24, 2.45) is 4.99 Å². The first kappa shape index (κ1) is 19.9. The van der Waals surface area contributed by atoms with Gasteiger partial charge in [-0.3, -0.25) is 14.6 Å². The molecule has 2 aromatic carbocycles. The van der Waals surface area contributed by atoms with Crippen LogP contribution >= 0.6 is 0 Å². The zero-order chi connectivity index (χ0) is 22.2. The third kappa shape index (κ3) is 3.62. The number of fused-ring (bicyclic) bond motifs is 2. The summed E-state index contributed by atoms with van der Waals surface area (Å²) >= 11 is 0. The summed E-state index contributed by atoms with van der Waals surface area (Å²) in [6.07, 6.45) is 2.16. The molecular formula is C23H22N6O3. The van der Waals surface area contributed by atoms with Gasteiger partial charge >= 0.3 is 0 Å². The lowest BCUT2D eigenvalue weighted by atomic mass is 10.1. The fourth-order valence-electron chi connectivity index (χ4n) is 3.98. The van der Waals surface area contributed by atoms with Gasteiger partial charge in [-0.05, 0) is 30.2 Å². The Kier molecular flexibility index (Phi) is 4.93. The van der Waals surface area contributed by atoms with Gasteiger partial charge in [-0.15, -0.1) is 5.10 Å². The highest BCUT2D eigenvalue weighted by molar-refractivity contribution is 6.03.